The minimum atomic E-state index is -0.123. The third-order valence-electron chi connectivity index (χ3n) is 3.67. The van der Waals surface area contributed by atoms with Gasteiger partial charge in [0, 0.05) is 11.4 Å². The number of para-hydroxylation sites is 1. The van der Waals surface area contributed by atoms with Crippen LogP contribution in [0.1, 0.15) is 25.0 Å². The van der Waals surface area contributed by atoms with Crippen molar-refractivity contribution >= 4 is 34.6 Å². The molecule has 0 atom stereocenters. The molecule has 0 radical (unpaired) electrons. The Hall–Kier alpha value is -2.40. The molecule has 4 nitrogen and oxygen atoms in total. The molecule has 0 aromatic heterocycles. The average molecular weight is 341 g/mol. The first kappa shape index (κ1) is 17.9. The summed E-state index contributed by atoms with van der Waals surface area (Å²) in [4.78, 5) is 12.1. The number of carbonyl (C=O) groups is 1. The van der Waals surface area contributed by atoms with E-state index in [2.05, 4.69) is 35.9 Å². The maximum Gasteiger partial charge on any atom is 0.243 e. The summed E-state index contributed by atoms with van der Waals surface area (Å²) in [5, 5.41) is 9.38. The first-order chi connectivity index (χ1) is 11.6. The Morgan fingerprint density at radius 2 is 1.79 bits per heavy atom. The number of amides is 1. The van der Waals surface area contributed by atoms with Crippen LogP contribution < -0.4 is 16.0 Å². The van der Waals surface area contributed by atoms with Crippen LogP contribution in [0.15, 0.2) is 48.5 Å². The van der Waals surface area contributed by atoms with Gasteiger partial charge in [-0.15, -0.1) is 0 Å². The summed E-state index contributed by atoms with van der Waals surface area (Å²) in [6.45, 7) is 4.29. The summed E-state index contributed by atoms with van der Waals surface area (Å²) in [5.41, 5.74) is 4.12. The highest BCUT2D eigenvalue weighted by Crippen LogP contribution is 2.15. The third-order valence-corrected chi connectivity index (χ3v) is 3.92. The van der Waals surface area contributed by atoms with Gasteiger partial charge >= 0.3 is 0 Å². The molecule has 2 aromatic carbocycles. The van der Waals surface area contributed by atoms with E-state index in [1.165, 1.54) is 5.56 Å². The van der Waals surface area contributed by atoms with Gasteiger partial charge in [-0.3, -0.25) is 4.79 Å². The van der Waals surface area contributed by atoms with Crippen LogP contribution in [0.2, 0.25) is 0 Å². The Morgan fingerprint density at radius 1 is 1.00 bits per heavy atom. The highest BCUT2D eigenvalue weighted by Gasteiger charge is 2.06. The van der Waals surface area contributed by atoms with Crippen LogP contribution in [0.5, 0.6) is 0 Å². The molecule has 0 fully saturated rings. The largest absolute Gasteiger partial charge is 0.353 e. The van der Waals surface area contributed by atoms with Crippen molar-refractivity contribution in [1.29, 1.82) is 0 Å². The van der Waals surface area contributed by atoms with Crippen LogP contribution in [0.25, 0.3) is 0 Å². The lowest BCUT2D eigenvalue weighted by molar-refractivity contribution is -0.115. The Labute approximate surface area is 148 Å². The van der Waals surface area contributed by atoms with Gasteiger partial charge in [0.15, 0.2) is 5.11 Å². The maximum absolute atomic E-state index is 12.1. The summed E-state index contributed by atoms with van der Waals surface area (Å²) >= 11 is 5.24. The van der Waals surface area contributed by atoms with Gasteiger partial charge in [0.25, 0.3) is 0 Å². The normalized spacial score (nSPS) is 10.1. The molecule has 5 heteroatoms. The first-order valence-electron chi connectivity index (χ1n) is 8.14. The molecule has 3 N–H and O–H groups in total. The summed E-state index contributed by atoms with van der Waals surface area (Å²) in [6, 6.07) is 15.8. The fourth-order valence-corrected chi connectivity index (χ4v) is 2.54. The minimum absolute atomic E-state index is 0.122. The third kappa shape index (κ3) is 5.35. The van der Waals surface area contributed by atoms with Crippen LogP contribution in [0, 0.1) is 0 Å². The van der Waals surface area contributed by atoms with Crippen molar-refractivity contribution in [3.05, 3.63) is 59.7 Å². The molecule has 0 aliphatic rings. The van der Waals surface area contributed by atoms with Crippen molar-refractivity contribution in [2.45, 2.75) is 26.7 Å². The molecular weight excluding hydrogens is 318 g/mol. The molecule has 2 aromatic rings. The van der Waals surface area contributed by atoms with Crippen LogP contribution in [0.4, 0.5) is 11.4 Å². The SMILES string of the molecule is CCc1cccc(NC(=S)NCC(=O)Nc2ccccc2CC)c1. The van der Waals surface area contributed by atoms with Gasteiger partial charge in [0.1, 0.15) is 0 Å². The monoisotopic (exact) mass is 341 g/mol. The zero-order valence-corrected chi connectivity index (χ0v) is 14.9. The Bertz CT molecular complexity index is 715. The lowest BCUT2D eigenvalue weighted by Crippen LogP contribution is -2.35. The Kier molecular flexibility index (Phi) is 6.75. The molecule has 0 aliphatic heterocycles. The van der Waals surface area contributed by atoms with Crippen LogP contribution in [0.3, 0.4) is 0 Å². The molecule has 0 aliphatic carbocycles. The highest BCUT2D eigenvalue weighted by atomic mass is 32.1. The second-order valence-electron chi connectivity index (χ2n) is 5.42. The molecule has 1 amide bonds. The topological polar surface area (TPSA) is 53.2 Å². The summed E-state index contributed by atoms with van der Waals surface area (Å²) in [5.74, 6) is -0.123. The molecular formula is C19H23N3OS. The maximum atomic E-state index is 12.1. The second kappa shape index (κ2) is 9.03. The molecule has 0 saturated carbocycles. The quantitative estimate of drug-likeness (QED) is 0.701. The number of thiocarbonyl (C=S) groups is 1. The van der Waals surface area contributed by atoms with E-state index in [-0.39, 0.29) is 12.5 Å². The van der Waals surface area contributed by atoms with Gasteiger partial charge < -0.3 is 16.0 Å². The zero-order chi connectivity index (χ0) is 17.4. The predicted molar refractivity (Wildman–Crippen MR) is 104 cm³/mol. The van der Waals surface area contributed by atoms with Crippen molar-refractivity contribution in [3.63, 3.8) is 0 Å². The van der Waals surface area contributed by atoms with Crippen molar-refractivity contribution in [1.82, 2.24) is 5.32 Å². The van der Waals surface area contributed by atoms with Crippen molar-refractivity contribution in [2.75, 3.05) is 17.2 Å². The number of aryl methyl sites for hydroxylation is 2. The number of hydrogen-bond acceptors (Lipinski definition) is 2. The van der Waals surface area contributed by atoms with E-state index in [0.717, 1.165) is 29.8 Å². The number of anilines is 2. The second-order valence-corrected chi connectivity index (χ2v) is 5.83. The van der Waals surface area contributed by atoms with E-state index in [1.54, 1.807) is 0 Å². The van der Waals surface area contributed by atoms with Gasteiger partial charge in [-0.05, 0) is 54.4 Å². The number of carbonyl (C=O) groups excluding carboxylic acids is 1. The first-order valence-corrected chi connectivity index (χ1v) is 8.54. The van der Waals surface area contributed by atoms with Crippen LogP contribution in [-0.4, -0.2) is 17.6 Å². The average Bonchev–Trinajstić information content (AvgIpc) is 2.60. The molecule has 0 saturated heterocycles. The van der Waals surface area contributed by atoms with Crippen molar-refractivity contribution < 1.29 is 4.79 Å². The fourth-order valence-electron chi connectivity index (χ4n) is 2.35. The number of hydrogen-bond donors (Lipinski definition) is 3. The zero-order valence-electron chi connectivity index (χ0n) is 14.1. The summed E-state index contributed by atoms with van der Waals surface area (Å²) in [7, 11) is 0. The Morgan fingerprint density at radius 3 is 2.54 bits per heavy atom. The van der Waals surface area contributed by atoms with E-state index < -0.39 is 0 Å². The smallest absolute Gasteiger partial charge is 0.243 e. The Balaban J connectivity index is 1.83. The van der Waals surface area contributed by atoms with E-state index in [9.17, 15) is 4.79 Å². The van der Waals surface area contributed by atoms with E-state index >= 15 is 0 Å². The molecule has 126 valence electrons. The van der Waals surface area contributed by atoms with Gasteiger partial charge in [-0.2, -0.15) is 0 Å². The lowest BCUT2D eigenvalue weighted by atomic mass is 10.1. The highest BCUT2D eigenvalue weighted by molar-refractivity contribution is 7.80. The number of benzene rings is 2. The fraction of sp³-hybridized carbons (Fsp3) is 0.263. The van der Waals surface area contributed by atoms with Crippen molar-refractivity contribution in [3.8, 4) is 0 Å². The predicted octanol–water partition coefficient (Wildman–Crippen LogP) is 3.74. The van der Waals surface area contributed by atoms with E-state index in [0.29, 0.717) is 5.11 Å². The number of nitrogens with one attached hydrogen (secondary N) is 3. The van der Waals surface area contributed by atoms with E-state index in [4.69, 9.17) is 12.2 Å². The molecule has 0 heterocycles. The van der Waals surface area contributed by atoms with Gasteiger partial charge in [-0.1, -0.05) is 44.2 Å². The van der Waals surface area contributed by atoms with Crippen molar-refractivity contribution in [2.24, 2.45) is 0 Å². The van der Waals surface area contributed by atoms with Gasteiger partial charge in [-0.25, -0.2) is 0 Å². The van der Waals surface area contributed by atoms with Gasteiger partial charge in [0.2, 0.25) is 5.91 Å². The van der Waals surface area contributed by atoms with E-state index in [1.807, 2.05) is 42.5 Å². The molecule has 2 rings (SSSR count). The lowest BCUT2D eigenvalue weighted by Gasteiger charge is -2.13. The standard InChI is InChI=1S/C19H23N3OS/c1-3-14-8-7-10-16(12-14)21-19(24)20-13-18(23)22-17-11-6-5-9-15(17)4-2/h5-12H,3-4,13H2,1-2H3,(H,22,23)(H2,20,21,24). The number of rotatable bonds is 6. The minimum Gasteiger partial charge on any atom is -0.353 e. The molecule has 0 bridgehead atoms. The van der Waals surface area contributed by atoms with Gasteiger partial charge in [0.05, 0.1) is 6.54 Å². The molecule has 0 spiro atoms. The van der Waals surface area contributed by atoms with Crippen LogP contribution in [-0.2, 0) is 17.6 Å². The van der Waals surface area contributed by atoms with Crippen LogP contribution >= 0.6 is 12.2 Å². The molecule has 24 heavy (non-hydrogen) atoms. The molecule has 0 unspecified atom stereocenters. The summed E-state index contributed by atoms with van der Waals surface area (Å²) < 4.78 is 0. The summed E-state index contributed by atoms with van der Waals surface area (Å²) in [6.07, 6.45) is 1.84.